The van der Waals surface area contributed by atoms with E-state index in [0.29, 0.717) is 10.8 Å². The van der Waals surface area contributed by atoms with Crippen LogP contribution < -0.4 is 5.73 Å². The zero-order chi connectivity index (χ0) is 12.1. The highest BCUT2D eigenvalue weighted by Crippen LogP contribution is 2.61. The lowest BCUT2D eigenvalue weighted by molar-refractivity contribution is 0.429. The molecule has 0 amide bonds. The van der Waals surface area contributed by atoms with Crippen molar-refractivity contribution in [1.82, 2.24) is 0 Å². The van der Waals surface area contributed by atoms with Crippen LogP contribution in [0, 0.1) is 0 Å². The molecule has 1 aromatic rings. The Kier molecular flexibility index (Phi) is 2.38. The summed E-state index contributed by atoms with van der Waals surface area (Å²) in [6.45, 7) is 5.57. The molecule has 0 saturated heterocycles. The Morgan fingerprint density at radius 1 is 1.24 bits per heavy atom. The molecule has 0 aromatic heterocycles. The van der Waals surface area contributed by atoms with Crippen molar-refractivity contribution in [3.63, 3.8) is 0 Å². The summed E-state index contributed by atoms with van der Waals surface area (Å²) in [6, 6.07) is 7.14. The van der Waals surface area contributed by atoms with Gasteiger partial charge in [0, 0.05) is 0 Å². The van der Waals surface area contributed by atoms with Crippen LogP contribution in [0.25, 0.3) is 0 Å². The molecule has 2 N–H and O–H groups in total. The van der Waals surface area contributed by atoms with Crippen molar-refractivity contribution < 1.29 is 0 Å². The van der Waals surface area contributed by atoms with Crippen molar-refractivity contribution in [2.24, 2.45) is 5.73 Å². The summed E-state index contributed by atoms with van der Waals surface area (Å²) in [4.78, 5) is 0. The Bertz CT molecular complexity index is 451. The van der Waals surface area contributed by atoms with Crippen molar-refractivity contribution in [2.75, 3.05) is 6.54 Å². The van der Waals surface area contributed by atoms with E-state index in [1.165, 1.54) is 31.2 Å². The van der Waals surface area contributed by atoms with Gasteiger partial charge in [-0.1, -0.05) is 32.0 Å². The minimum Gasteiger partial charge on any atom is -0.330 e. The summed E-state index contributed by atoms with van der Waals surface area (Å²) in [5.41, 5.74) is 11.3. The van der Waals surface area contributed by atoms with Crippen LogP contribution in [0.3, 0.4) is 0 Å². The fraction of sp³-hybridized carbons (Fsp3) is 0.625. The molecule has 1 nitrogen and oxygen atoms in total. The SMILES string of the molecule is CCC12CCC(C)(C1)c1cc(CCN)ccc12. The number of benzene rings is 1. The highest BCUT2D eigenvalue weighted by Gasteiger charge is 2.54. The molecule has 0 heterocycles. The van der Waals surface area contributed by atoms with E-state index in [1.807, 2.05) is 0 Å². The number of rotatable bonds is 3. The largest absolute Gasteiger partial charge is 0.330 e. The third-order valence-corrected chi connectivity index (χ3v) is 5.30. The molecule has 92 valence electrons. The van der Waals surface area contributed by atoms with Gasteiger partial charge in [-0.3, -0.25) is 0 Å². The summed E-state index contributed by atoms with van der Waals surface area (Å²) in [5, 5.41) is 0. The van der Waals surface area contributed by atoms with Crippen LogP contribution in [0.15, 0.2) is 18.2 Å². The lowest BCUT2D eigenvalue weighted by atomic mass is 9.75. The predicted octanol–water partition coefficient (Wildman–Crippen LogP) is 3.29. The molecule has 2 atom stereocenters. The first-order valence-corrected chi connectivity index (χ1v) is 6.97. The first-order chi connectivity index (χ1) is 8.13. The quantitative estimate of drug-likeness (QED) is 0.845. The zero-order valence-electron chi connectivity index (χ0n) is 11.1. The molecule has 2 aliphatic carbocycles. The number of hydrogen-bond donors (Lipinski definition) is 1. The first-order valence-electron chi connectivity index (χ1n) is 6.97. The molecule has 0 spiro atoms. The highest BCUT2D eigenvalue weighted by molar-refractivity contribution is 5.50. The van der Waals surface area contributed by atoms with E-state index in [9.17, 15) is 0 Å². The Morgan fingerprint density at radius 2 is 2.06 bits per heavy atom. The van der Waals surface area contributed by atoms with E-state index in [-0.39, 0.29) is 0 Å². The maximum Gasteiger partial charge on any atom is -0.00367 e. The lowest BCUT2D eigenvalue weighted by Gasteiger charge is -2.29. The van der Waals surface area contributed by atoms with Crippen molar-refractivity contribution in [3.05, 3.63) is 34.9 Å². The van der Waals surface area contributed by atoms with E-state index >= 15 is 0 Å². The van der Waals surface area contributed by atoms with Gasteiger partial charge in [-0.05, 0) is 66.2 Å². The monoisotopic (exact) mass is 229 g/mol. The molecule has 1 saturated carbocycles. The summed E-state index contributed by atoms with van der Waals surface area (Å²) in [7, 11) is 0. The van der Waals surface area contributed by atoms with Crippen LogP contribution in [0.4, 0.5) is 0 Å². The summed E-state index contributed by atoms with van der Waals surface area (Å²) in [5.74, 6) is 0. The molecule has 17 heavy (non-hydrogen) atoms. The van der Waals surface area contributed by atoms with Gasteiger partial charge in [-0.2, -0.15) is 0 Å². The second-order valence-electron chi connectivity index (χ2n) is 6.29. The van der Waals surface area contributed by atoms with Gasteiger partial charge >= 0.3 is 0 Å². The van der Waals surface area contributed by atoms with E-state index in [0.717, 1.165) is 13.0 Å². The van der Waals surface area contributed by atoms with Gasteiger partial charge in [-0.15, -0.1) is 0 Å². The summed E-state index contributed by atoms with van der Waals surface area (Å²) < 4.78 is 0. The molecule has 1 fully saturated rings. The molecule has 2 aliphatic rings. The molecule has 1 heteroatoms. The first kappa shape index (κ1) is 11.3. The summed E-state index contributed by atoms with van der Waals surface area (Å²) in [6.07, 6.45) is 6.45. The van der Waals surface area contributed by atoms with Crippen LogP contribution in [0.2, 0.25) is 0 Å². The maximum absolute atomic E-state index is 5.67. The topological polar surface area (TPSA) is 26.0 Å². The lowest BCUT2D eigenvalue weighted by Crippen LogP contribution is -2.20. The minimum absolute atomic E-state index is 0.454. The average Bonchev–Trinajstić information content (AvgIpc) is 2.80. The van der Waals surface area contributed by atoms with Crippen LogP contribution >= 0.6 is 0 Å². The van der Waals surface area contributed by atoms with E-state index in [1.54, 1.807) is 11.1 Å². The molecular weight excluding hydrogens is 206 g/mol. The molecular formula is C16H23N. The molecule has 3 rings (SSSR count). The number of nitrogens with two attached hydrogens (primary N) is 1. The van der Waals surface area contributed by atoms with Crippen LogP contribution in [-0.4, -0.2) is 6.54 Å². The van der Waals surface area contributed by atoms with Crippen molar-refractivity contribution in [3.8, 4) is 0 Å². The van der Waals surface area contributed by atoms with Gasteiger partial charge < -0.3 is 5.73 Å². The van der Waals surface area contributed by atoms with Crippen molar-refractivity contribution in [1.29, 1.82) is 0 Å². The molecule has 2 bridgehead atoms. The van der Waals surface area contributed by atoms with Gasteiger partial charge in [0.05, 0.1) is 0 Å². The third kappa shape index (κ3) is 1.41. The second-order valence-corrected chi connectivity index (χ2v) is 6.29. The zero-order valence-corrected chi connectivity index (χ0v) is 11.1. The van der Waals surface area contributed by atoms with Crippen LogP contribution in [0.5, 0.6) is 0 Å². The second kappa shape index (κ2) is 3.58. The fourth-order valence-corrected chi connectivity index (χ4v) is 4.27. The predicted molar refractivity (Wildman–Crippen MR) is 72.4 cm³/mol. The van der Waals surface area contributed by atoms with E-state index < -0.39 is 0 Å². The third-order valence-electron chi connectivity index (χ3n) is 5.30. The average molecular weight is 229 g/mol. The van der Waals surface area contributed by atoms with Gasteiger partial charge in [0.25, 0.3) is 0 Å². The molecule has 0 aliphatic heterocycles. The van der Waals surface area contributed by atoms with Crippen molar-refractivity contribution in [2.45, 2.75) is 56.8 Å². The number of fused-ring (bicyclic) bond motifs is 5. The van der Waals surface area contributed by atoms with Crippen LogP contribution in [0.1, 0.15) is 56.2 Å². The van der Waals surface area contributed by atoms with Crippen LogP contribution in [-0.2, 0) is 17.3 Å². The van der Waals surface area contributed by atoms with E-state index in [2.05, 4.69) is 32.0 Å². The maximum atomic E-state index is 5.67. The van der Waals surface area contributed by atoms with Gasteiger partial charge in [0.2, 0.25) is 0 Å². The Morgan fingerprint density at radius 3 is 2.76 bits per heavy atom. The van der Waals surface area contributed by atoms with Gasteiger partial charge in [0.15, 0.2) is 0 Å². The van der Waals surface area contributed by atoms with Gasteiger partial charge in [-0.25, -0.2) is 0 Å². The number of hydrogen-bond acceptors (Lipinski definition) is 1. The smallest absolute Gasteiger partial charge is 0.00367 e. The standard InChI is InChI=1S/C16H23N/c1-3-16-8-7-15(2,11-16)14-10-12(6-9-17)4-5-13(14)16/h4-5,10H,3,6-9,11,17H2,1-2H3. The Balaban J connectivity index is 2.10. The molecule has 2 unspecified atom stereocenters. The van der Waals surface area contributed by atoms with Crippen molar-refractivity contribution >= 4 is 0 Å². The normalized spacial score (nSPS) is 34.1. The fourth-order valence-electron chi connectivity index (χ4n) is 4.27. The molecule has 1 aromatic carbocycles. The minimum atomic E-state index is 0.454. The van der Waals surface area contributed by atoms with E-state index in [4.69, 9.17) is 5.73 Å². The highest BCUT2D eigenvalue weighted by atomic mass is 14.6. The Hall–Kier alpha value is -0.820. The summed E-state index contributed by atoms with van der Waals surface area (Å²) >= 11 is 0. The molecule has 0 radical (unpaired) electrons. The Labute approximate surface area is 104 Å². The van der Waals surface area contributed by atoms with Gasteiger partial charge in [0.1, 0.15) is 0 Å².